The first-order valence-corrected chi connectivity index (χ1v) is 7.04. The Balaban J connectivity index is 1.98. The molecular weight excluding hydrogens is 238 g/mol. The third-order valence-electron chi connectivity index (χ3n) is 4.59. The summed E-state index contributed by atoms with van der Waals surface area (Å²) in [5.41, 5.74) is 3.04. The van der Waals surface area contributed by atoms with Gasteiger partial charge in [-0.3, -0.25) is 14.5 Å². The molecular formula is C16H19NO2. The zero-order chi connectivity index (χ0) is 13.6. The van der Waals surface area contributed by atoms with Crippen molar-refractivity contribution in [2.45, 2.75) is 39.5 Å². The van der Waals surface area contributed by atoms with Crippen LogP contribution in [0.4, 0.5) is 5.69 Å². The van der Waals surface area contributed by atoms with Crippen molar-refractivity contribution in [1.29, 1.82) is 0 Å². The molecule has 1 saturated heterocycles. The van der Waals surface area contributed by atoms with Gasteiger partial charge in [0.1, 0.15) is 0 Å². The summed E-state index contributed by atoms with van der Waals surface area (Å²) in [6.45, 7) is 4.05. The number of hydrogen-bond acceptors (Lipinski definition) is 2. The molecule has 2 atom stereocenters. The lowest BCUT2D eigenvalue weighted by Gasteiger charge is -2.19. The molecule has 1 aromatic carbocycles. The van der Waals surface area contributed by atoms with Crippen molar-refractivity contribution in [2.24, 2.45) is 11.8 Å². The molecule has 0 spiro atoms. The maximum Gasteiger partial charge on any atom is 0.237 e. The number of nitrogens with zero attached hydrogens (tertiary/aromatic N) is 1. The van der Waals surface area contributed by atoms with Gasteiger partial charge in [0, 0.05) is 0 Å². The van der Waals surface area contributed by atoms with Gasteiger partial charge in [-0.25, -0.2) is 0 Å². The minimum atomic E-state index is -0.0668. The second kappa shape index (κ2) is 4.48. The van der Waals surface area contributed by atoms with Gasteiger partial charge in [-0.05, 0) is 49.9 Å². The molecule has 1 heterocycles. The molecule has 0 radical (unpaired) electrons. The molecule has 3 heteroatoms. The highest BCUT2D eigenvalue weighted by Gasteiger charge is 2.48. The Morgan fingerprint density at radius 2 is 1.53 bits per heavy atom. The van der Waals surface area contributed by atoms with Crippen molar-refractivity contribution in [3.8, 4) is 0 Å². The number of carbonyl (C=O) groups is 2. The van der Waals surface area contributed by atoms with Gasteiger partial charge in [-0.15, -0.1) is 0 Å². The van der Waals surface area contributed by atoms with Crippen LogP contribution in [-0.4, -0.2) is 11.8 Å². The van der Waals surface area contributed by atoms with Crippen LogP contribution in [0.25, 0.3) is 0 Å². The molecule has 3 rings (SSSR count). The maximum absolute atomic E-state index is 12.5. The lowest BCUT2D eigenvalue weighted by Crippen LogP contribution is -2.30. The van der Waals surface area contributed by atoms with E-state index >= 15 is 0 Å². The van der Waals surface area contributed by atoms with Gasteiger partial charge < -0.3 is 0 Å². The molecule has 0 N–H and O–H groups in total. The Labute approximate surface area is 113 Å². The molecule has 3 nitrogen and oxygen atoms in total. The Kier molecular flexibility index (Phi) is 2.92. The van der Waals surface area contributed by atoms with Gasteiger partial charge in [0.15, 0.2) is 0 Å². The van der Waals surface area contributed by atoms with Gasteiger partial charge in [0.05, 0.1) is 17.5 Å². The predicted molar refractivity (Wildman–Crippen MR) is 73.9 cm³/mol. The van der Waals surface area contributed by atoms with Crippen LogP contribution in [0, 0.1) is 25.7 Å². The second-order valence-electron chi connectivity index (χ2n) is 5.78. The molecule has 1 aliphatic carbocycles. The van der Waals surface area contributed by atoms with E-state index in [0.29, 0.717) is 0 Å². The number of benzene rings is 1. The van der Waals surface area contributed by atoms with E-state index in [0.717, 1.165) is 36.9 Å². The third-order valence-corrected chi connectivity index (χ3v) is 4.59. The number of rotatable bonds is 1. The molecule has 0 unspecified atom stereocenters. The summed E-state index contributed by atoms with van der Waals surface area (Å²) in [4.78, 5) is 26.3. The van der Waals surface area contributed by atoms with Crippen LogP contribution in [-0.2, 0) is 9.59 Å². The van der Waals surface area contributed by atoms with E-state index < -0.39 is 0 Å². The number of aryl methyl sites for hydroxylation is 2. The molecule has 2 aliphatic rings. The summed E-state index contributed by atoms with van der Waals surface area (Å²) in [5.74, 6) is -0.110. The molecule has 1 aromatic rings. The van der Waals surface area contributed by atoms with E-state index in [-0.39, 0.29) is 23.7 Å². The van der Waals surface area contributed by atoms with Crippen LogP contribution in [0.3, 0.4) is 0 Å². The monoisotopic (exact) mass is 257 g/mol. The average molecular weight is 257 g/mol. The Morgan fingerprint density at radius 1 is 0.947 bits per heavy atom. The summed E-state index contributed by atoms with van der Waals surface area (Å²) in [5, 5.41) is 0. The lowest BCUT2D eigenvalue weighted by molar-refractivity contribution is -0.122. The summed E-state index contributed by atoms with van der Waals surface area (Å²) in [7, 11) is 0. The fourth-order valence-corrected chi connectivity index (χ4v) is 3.28. The van der Waals surface area contributed by atoms with Gasteiger partial charge >= 0.3 is 0 Å². The van der Waals surface area contributed by atoms with Crippen LogP contribution < -0.4 is 4.90 Å². The summed E-state index contributed by atoms with van der Waals surface area (Å²) >= 11 is 0. The number of imide groups is 1. The van der Waals surface area contributed by atoms with E-state index in [1.54, 1.807) is 0 Å². The zero-order valence-corrected chi connectivity index (χ0v) is 11.5. The second-order valence-corrected chi connectivity index (χ2v) is 5.78. The molecule has 1 saturated carbocycles. The summed E-state index contributed by atoms with van der Waals surface area (Å²) < 4.78 is 0. The maximum atomic E-state index is 12.5. The first-order chi connectivity index (χ1) is 9.09. The van der Waals surface area contributed by atoms with E-state index in [2.05, 4.69) is 0 Å². The molecule has 2 amide bonds. The molecule has 19 heavy (non-hydrogen) atoms. The number of fused-ring (bicyclic) bond motifs is 1. The predicted octanol–water partition coefficient (Wildman–Crippen LogP) is 2.98. The van der Waals surface area contributed by atoms with Crippen molar-refractivity contribution in [2.75, 3.05) is 4.90 Å². The van der Waals surface area contributed by atoms with Crippen LogP contribution >= 0.6 is 0 Å². The topological polar surface area (TPSA) is 37.4 Å². The summed E-state index contributed by atoms with van der Waals surface area (Å²) in [6.07, 6.45) is 3.88. The van der Waals surface area contributed by atoms with Crippen molar-refractivity contribution >= 4 is 17.5 Å². The van der Waals surface area contributed by atoms with Crippen molar-refractivity contribution in [1.82, 2.24) is 0 Å². The Bertz CT molecular complexity index is 526. The normalized spacial score (nSPS) is 26.7. The van der Waals surface area contributed by atoms with Crippen LogP contribution in [0.1, 0.15) is 36.8 Å². The third kappa shape index (κ3) is 1.88. The molecule has 1 aliphatic heterocycles. The van der Waals surface area contributed by atoms with Crippen molar-refractivity contribution in [3.63, 3.8) is 0 Å². The smallest absolute Gasteiger partial charge is 0.237 e. The van der Waals surface area contributed by atoms with Crippen LogP contribution in [0.5, 0.6) is 0 Å². The van der Waals surface area contributed by atoms with Crippen molar-refractivity contribution in [3.05, 3.63) is 29.3 Å². The SMILES string of the molecule is Cc1ccc(N2C(=O)[C@@H]3CCCC[C@H]3C2=O)cc1C. The van der Waals surface area contributed by atoms with Crippen LogP contribution in [0.15, 0.2) is 18.2 Å². The number of anilines is 1. The molecule has 0 bridgehead atoms. The van der Waals surface area contributed by atoms with Crippen LogP contribution in [0.2, 0.25) is 0 Å². The molecule has 2 fully saturated rings. The van der Waals surface area contributed by atoms with Gasteiger partial charge in [-0.1, -0.05) is 18.9 Å². The van der Waals surface area contributed by atoms with Crippen molar-refractivity contribution < 1.29 is 9.59 Å². The number of amides is 2. The largest absolute Gasteiger partial charge is 0.274 e. The van der Waals surface area contributed by atoms with E-state index in [9.17, 15) is 9.59 Å². The molecule has 0 aromatic heterocycles. The standard InChI is InChI=1S/C16H19NO2/c1-10-7-8-12(9-11(10)2)17-15(18)13-5-3-4-6-14(13)16(17)19/h7-9,13-14H,3-6H2,1-2H3/t13-,14-/m1/s1. The van der Waals surface area contributed by atoms with Gasteiger partial charge in [0.2, 0.25) is 11.8 Å². The quantitative estimate of drug-likeness (QED) is 0.725. The fourth-order valence-electron chi connectivity index (χ4n) is 3.28. The Hall–Kier alpha value is -1.64. The van der Waals surface area contributed by atoms with E-state index in [4.69, 9.17) is 0 Å². The Morgan fingerprint density at radius 3 is 2.05 bits per heavy atom. The summed E-state index contributed by atoms with van der Waals surface area (Å²) in [6, 6.07) is 5.81. The first-order valence-electron chi connectivity index (χ1n) is 7.04. The zero-order valence-electron chi connectivity index (χ0n) is 11.5. The van der Waals surface area contributed by atoms with Gasteiger partial charge in [-0.2, -0.15) is 0 Å². The number of carbonyl (C=O) groups excluding carboxylic acids is 2. The highest BCUT2D eigenvalue weighted by atomic mass is 16.2. The van der Waals surface area contributed by atoms with Gasteiger partial charge in [0.25, 0.3) is 0 Å². The molecule has 100 valence electrons. The fraction of sp³-hybridized carbons (Fsp3) is 0.500. The van der Waals surface area contributed by atoms with E-state index in [1.807, 2.05) is 32.0 Å². The first kappa shape index (κ1) is 12.4. The number of hydrogen-bond donors (Lipinski definition) is 0. The average Bonchev–Trinajstić information content (AvgIpc) is 2.66. The van der Waals surface area contributed by atoms with E-state index in [1.165, 1.54) is 10.5 Å². The minimum Gasteiger partial charge on any atom is -0.274 e. The highest BCUT2D eigenvalue weighted by Crippen LogP contribution is 2.40. The lowest BCUT2D eigenvalue weighted by atomic mass is 9.81. The minimum absolute atomic E-state index is 0.0120. The highest BCUT2D eigenvalue weighted by molar-refractivity contribution is 6.22.